The van der Waals surface area contributed by atoms with Gasteiger partial charge in [0.15, 0.2) is 6.10 Å². The van der Waals surface area contributed by atoms with E-state index < -0.39 is 6.10 Å². The van der Waals surface area contributed by atoms with Gasteiger partial charge in [0.05, 0.1) is 0 Å². The summed E-state index contributed by atoms with van der Waals surface area (Å²) in [6, 6.07) is 0. The van der Waals surface area contributed by atoms with Gasteiger partial charge in [0.2, 0.25) is 0 Å². The summed E-state index contributed by atoms with van der Waals surface area (Å²) in [5.74, 6) is -0.904. The van der Waals surface area contributed by atoms with Crippen LogP contribution in [0.15, 0.2) is 85.1 Å². The second kappa shape index (κ2) is 53.2. The normalized spacial score (nSPS) is 12.7. The first-order valence-corrected chi connectivity index (χ1v) is 27.1. The molecule has 0 saturated carbocycles. The van der Waals surface area contributed by atoms with Crippen LogP contribution < -0.4 is 0 Å². The Balaban J connectivity index is 4.09. The molecule has 0 amide bonds. The largest absolute Gasteiger partial charge is 0.462 e. The van der Waals surface area contributed by atoms with Crippen molar-refractivity contribution in [3.05, 3.63) is 85.1 Å². The van der Waals surface area contributed by atoms with Crippen LogP contribution in [0.3, 0.4) is 0 Å². The zero-order valence-electron chi connectivity index (χ0n) is 42.5. The molecule has 1 unspecified atom stereocenters. The van der Waals surface area contributed by atoms with Crippen molar-refractivity contribution in [2.75, 3.05) is 13.2 Å². The summed E-state index contributed by atoms with van der Waals surface area (Å²) in [7, 11) is 0. The number of allylic oxidation sites excluding steroid dienone is 14. The third-order valence-electron chi connectivity index (χ3n) is 11.4. The predicted molar refractivity (Wildman–Crippen MR) is 279 cm³/mol. The summed E-state index contributed by atoms with van der Waals surface area (Å²) < 4.78 is 16.7. The molecule has 1 atom stereocenters. The van der Waals surface area contributed by atoms with Crippen LogP contribution in [-0.2, 0) is 28.6 Å². The molecule has 0 aliphatic rings. The van der Waals surface area contributed by atoms with E-state index in [1.54, 1.807) is 0 Å². The van der Waals surface area contributed by atoms with E-state index in [0.717, 1.165) is 109 Å². The number of unbranched alkanes of at least 4 members (excludes halogenated alkanes) is 23. The fourth-order valence-corrected chi connectivity index (χ4v) is 7.32. The third-order valence-corrected chi connectivity index (χ3v) is 11.4. The minimum Gasteiger partial charge on any atom is -0.462 e. The average Bonchev–Trinajstić information content (AvgIpc) is 3.30. The molecule has 0 aromatic heterocycles. The van der Waals surface area contributed by atoms with Crippen molar-refractivity contribution in [3.8, 4) is 0 Å². The Morgan fingerprint density at radius 3 is 0.985 bits per heavy atom. The molecule has 6 nitrogen and oxygen atoms in total. The maximum atomic E-state index is 12.7. The predicted octanol–water partition coefficient (Wildman–Crippen LogP) is 18.0. The van der Waals surface area contributed by atoms with Crippen molar-refractivity contribution >= 4 is 17.9 Å². The fourth-order valence-electron chi connectivity index (χ4n) is 7.32. The van der Waals surface area contributed by atoms with Gasteiger partial charge in [-0.05, 0) is 96.3 Å². The minimum absolute atomic E-state index is 0.0802. The van der Waals surface area contributed by atoms with E-state index in [4.69, 9.17) is 14.2 Å². The average molecular weight is 905 g/mol. The zero-order chi connectivity index (χ0) is 47.2. The standard InChI is InChI=1S/C59H100O6/c1-4-7-10-13-16-18-20-22-23-24-25-26-27-28-29-30-31-32-33-34-35-36-37-38-40-41-43-46-49-52-58(61)64-55-56(54-63-57(60)51-48-45-15-12-9-6-3)65-59(62)53-50-47-44-42-39-21-19-17-14-11-8-5-2/h7,10,16-19,22-23,25-26,28-29,31-32,56H,4-6,8-9,11-15,20-21,24,27,30,33-55H2,1-3H3/b10-7-,18-16-,19-17-,23-22-,26-25-,29-28-,32-31-. The Labute approximate surface area is 401 Å². The molecule has 0 rings (SSSR count). The summed E-state index contributed by atoms with van der Waals surface area (Å²) in [5, 5.41) is 0. The molecule has 0 saturated heterocycles. The van der Waals surface area contributed by atoms with Gasteiger partial charge < -0.3 is 14.2 Å². The van der Waals surface area contributed by atoms with Crippen LogP contribution >= 0.6 is 0 Å². The molecule has 0 spiro atoms. The lowest BCUT2D eigenvalue weighted by Crippen LogP contribution is -2.30. The van der Waals surface area contributed by atoms with E-state index >= 15 is 0 Å². The van der Waals surface area contributed by atoms with Crippen LogP contribution in [0.2, 0.25) is 0 Å². The zero-order valence-corrected chi connectivity index (χ0v) is 42.5. The summed E-state index contributed by atoms with van der Waals surface area (Å²) in [6.07, 6.45) is 68.9. The molecule has 372 valence electrons. The number of carbonyl (C=O) groups excluding carboxylic acids is 3. The van der Waals surface area contributed by atoms with Gasteiger partial charge in [0.25, 0.3) is 0 Å². The van der Waals surface area contributed by atoms with E-state index in [2.05, 4.69) is 106 Å². The van der Waals surface area contributed by atoms with Gasteiger partial charge in [-0.25, -0.2) is 0 Å². The smallest absolute Gasteiger partial charge is 0.306 e. The monoisotopic (exact) mass is 905 g/mol. The molecule has 0 aliphatic heterocycles. The summed E-state index contributed by atoms with van der Waals surface area (Å²) in [4.78, 5) is 37.7. The summed E-state index contributed by atoms with van der Waals surface area (Å²) >= 11 is 0. The highest BCUT2D eigenvalue weighted by Crippen LogP contribution is 2.14. The Kier molecular flexibility index (Phi) is 50.4. The van der Waals surface area contributed by atoms with Crippen LogP contribution in [0.5, 0.6) is 0 Å². The van der Waals surface area contributed by atoms with Crippen molar-refractivity contribution in [3.63, 3.8) is 0 Å². The molecular formula is C59H100O6. The Bertz CT molecular complexity index is 1270. The summed E-state index contributed by atoms with van der Waals surface area (Å²) in [5.41, 5.74) is 0. The highest BCUT2D eigenvalue weighted by atomic mass is 16.6. The maximum absolute atomic E-state index is 12.7. The van der Waals surface area contributed by atoms with Gasteiger partial charge in [0, 0.05) is 19.3 Å². The van der Waals surface area contributed by atoms with E-state index in [0.29, 0.717) is 19.3 Å². The molecule has 0 N–H and O–H groups in total. The van der Waals surface area contributed by atoms with Crippen LogP contribution in [0.4, 0.5) is 0 Å². The molecule has 6 heteroatoms. The SMILES string of the molecule is CC/C=C\C/C=C\C/C=C\C/C=C\C/C=C\C/C=C\CCCCCCCCCCCCC(=O)OCC(COC(=O)CCCCCCCC)OC(=O)CCCCCCC/C=C\CCCCC. The molecule has 65 heavy (non-hydrogen) atoms. The van der Waals surface area contributed by atoms with E-state index in [9.17, 15) is 14.4 Å². The first-order chi connectivity index (χ1) is 32.0. The van der Waals surface area contributed by atoms with E-state index in [1.165, 1.54) is 103 Å². The fraction of sp³-hybridized carbons (Fsp3) is 0.712. The van der Waals surface area contributed by atoms with Crippen molar-refractivity contribution in [2.24, 2.45) is 0 Å². The van der Waals surface area contributed by atoms with Crippen molar-refractivity contribution in [1.29, 1.82) is 0 Å². The quantitative estimate of drug-likeness (QED) is 0.0262. The maximum Gasteiger partial charge on any atom is 0.306 e. The van der Waals surface area contributed by atoms with Gasteiger partial charge in [-0.1, -0.05) is 221 Å². The Morgan fingerprint density at radius 2 is 0.600 bits per heavy atom. The number of hydrogen-bond acceptors (Lipinski definition) is 6. The van der Waals surface area contributed by atoms with Crippen LogP contribution in [0.1, 0.15) is 252 Å². The van der Waals surface area contributed by atoms with Gasteiger partial charge in [-0.2, -0.15) is 0 Å². The second-order valence-corrected chi connectivity index (χ2v) is 17.8. The lowest BCUT2D eigenvalue weighted by Gasteiger charge is -2.18. The molecule has 0 aliphatic carbocycles. The molecule has 0 aromatic carbocycles. The Hall–Kier alpha value is -3.41. The molecule has 0 aromatic rings. The minimum atomic E-state index is -0.777. The van der Waals surface area contributed by atoms with Gasteiger partial charge in [-0.3, -0.25) is 14.4 Å². The highest BCUT2D eigenvalue weighted by Gasteiger charge is 2.19. The molecule has 0 fully saturated rings. The summed E-state index contributed by atoms with van der Waals surface area (Å²) in [6.45, 7) is 6.42. The highest BCUT2D eigenvalue weighted by molar-refractivity contribution is 5.71. The molecular weight excluding hydrogens is 805 g/mol. The van der Waals surface area contributed by atoms with E-state index in [1.807, 2.05) is 0 Å². The van der Waals surface area contributed by atoms with Crippen molar-refractivity contribution < 1.29 is 28.6 Å². The molecule has 0 radical (unpaired) electrons. The number of ether oxygens (including phenoxy) is 3. The lowest BCUT2D eigenvalue weighted by atomic mass is 10.1. The number of carbonyl (C=O) groups is 3. The molecule has 0 bridgehead atoms. The van der Waals surface area contributed by atoms with Crippen molar-refractivity contribution in [2.45, 2.75) is 258 Å². The van der Waals surface area contributed by atoms with Gasteiger partial charge in [-0.15, -0.1) is 0 Å². The number of rotatable bonds is 48. The third kappa shape index (κ3) is 51.4. The Morgan fingerprint density at radius 1 is 0.323 bits per heavy atom. The number of esters is 3. The van der Waals surface area contributed by atoms with Crippen LogP contribution in [-0.4, -0.2) is 37.2 Å². The van der Waals surface area contributed by atoms with Gasteiger partial charge >= 0.3 is 17.9 Å². The first kappa shape index (κ1) is 61.6. The number of hydrogen-bond donors (Lipinski definition) is 0. The van der Waals surface area contributed by atoms with Crippen molar-refractivity contribution in [1.82, 2.24) is 0 Å². The van der Waals surface area contributed by atoms with Crippen LogP contribution in [0, 0.1) is 0 Å². The topological polar surface area (TPSA) is 78.9 Å². The van der Waals surface area contributed by atoms with E-state index in [-0.39, 0.29) is 31.1 Å². The molecule has 0 heterocycles. The lowest BCUT2D eigenvalue weighted by molar-refractivity contribution is -0.167. The van der Waals surface area contributed by atoms with Gasteiger partial charge in [0.1, 0.15) is 13.2 Å². The van der Waals surface area contributed by atoms with Crippen LogP contribution in [0.25, 0.3) is 0 Å². The first-order valence-electron chi connectivity index (χ1n) is 27.1. The second-order valence-electron chi connectivity index (χ2n) is 17.8.